The summed E-state index contributed by atoms with van der Waals surface area (Å²) in [7, 11) is 0. The molecule has 0 amide bonds. The van der Waals surface area contributed by atoms with Crippen LogP contribution in [0.2, 0.25) is 5.28 Å². The van der Waals surface area contributed by atoms with Gasteiger partial charge in [0, 0.05) is 0 Å². The summed E-state index contributed by atoms with van der Waals surface area (Å²) >= 11 is 5.85. The Morgan fingerprint density at radius 3 is 2.75 bits per heavy atom. The van der Waals surface area contributed by atoms with Crippen LogP contribution in [0.3, 0.4) is 0 Å². The second kappa shape index (κ2) is 5.40. The Hall–Kier alpha value is -2.25. The third kappa shape index (κ3) is 2.40. The number of hydrogen-bond donors (Lipinski definition) is 3. The molecule has 0 bridgehead atoms. The number of anilines is 1. The number of rotatable bonds is 4. The van der Waals surface area contributed by atoms with E-state index in [1.54, 1.807) is 0 Å². The minimum absolute atomic E-state index is 0.0682. The van der Waals surface area contributed by atoms with E-state index in [2.05, 4.69) is 30.7 Å². The summed E-state index contributed by atoms with van der Waals surface area (Å²) in [6, 6.07) is 9.22. The van der Waals surface area contributed by atoms with Gasteiger partial charge >= 0.3 is 0 Å². The van der Waals surface area contributed by atoms with Gasteiger partial charge in [-0.1, -0.05) is 30.3 Å². The van der Waals surface area contributed by atoms with Gasteiger partial charge in [-0.05, 0) is 17.2 Å². The fourth-order valence-corrected chi connectivity index (χ4v) is 2.07. The molecule has 2 heterocycles. The Morgan fingerprint density at radius 2 is 2.00 bits per heavy atom. The molecular formula is C12H11ClN6O. The van der Waals surface area contributed by atoms with Crippen molar-refractivity contribution in [3.63, 3.8) is 0 Å². The van der Waals surface area contributed by atoms with E-state index in [1.165, 1.54) is 0 Å². The summed E-state index contributed by atoms with van der Waals surface area (Å²) in [5.74, 6) is 0.427. The second-order valence-corrected chi connectivity index (χ2v) is 4.47. The lowest BCUT2D eigenvalue weighted by Gasteiger charge is -2.17. The SMILES string of the molecule is OC[C@H](Nc1nc(Cl)nc2n[nH]nc12)c1ccccc1. The first-order valence-corrected chi connectivity index (χ1v) is 6.32. The zero-order valence-electron chi connectivity index (χ0n) is 10.3. The minimum Gasteiger partial charge on any atom is -0.394 e. The smallest absolute Gasteiger partial charge is 0.226 e. The fraction of sp³-hybridized carbons (Fsp3) is 0.167. The van der Waals surface area contributed by atoms with Crippen LogP contribution >= 0.6 is 11.6 Å². The largest absolute Gasteiger partial charge is 0.394 e. The third-order valence-corrected chi connectivity index (χ3v) is 3.02. The topological polar surface area (TPSA) is 99.6 Å². The number of nitrogens with zero attached hydrogens (tertiary/aromatic N) is 4. The lowest BCUT2D eigenvalue weighted by molar-refractivity contribution is 0.276. The van der Waals surface area contributed by atoms with Crippen LogP contribution < -0.4 is 5.32 Å². The molecule has 3 aromatic rings. The maximum absolute atomic E-state index is 9.55. The van der Waals surface area contributed by atoms with Gasteiger partial charge in [-0.25, -0.2) is 0 Å². The molecule has 20 heavy (non-hydrogen) atoms. The number of aromatic amines is 1. The molecule has 8 heteroatoms. The summed E-state index contributed by atoms with van der Waals surface area (Å²) in [6.07, 6.45) is 0. The Balaban J connectivity index is 1.97. The Labute approximate surface area is 119 Å². The van der Waals surface area contributed by atoms with Gasteiger partial charge in [-0.2, -0.15) is 20.3 Å². The van der Waals surface area contributed by atoms with Gasteiger partial charge in [0.2, 0.25) is 10.9 Å². The zero-order valence-corrected chi connectivity index (χ0v) is 11.0. The van der Waals surface area contributed by atoms with Crippen LogP contribution in [0, 0.1) is 0 Å². The Bertz CT molecular complexity index is 716. The van der Waals surface area contributed by atoms with E-state index in [0.29, 0.717) is 17.0 Å². The molecule has 0 saturated carbocycles. The minimum atomic E-state index is -0.318. The van der Waals surface area contributed by atoms with E-state index >= 15 is 0 Å². The van der Waals surface area contributed by atoms with Crippen LogP contribution in [0.4, 0.5) is 5.82 Å². The van der Waals surface area contributed by atoms with Gasteiger partial charge in [-0.3, -0.25) is 0 Å². The standard InChI is InChI=1S/C12H11ClN6O/c13-12-15-10(9-11(16-12)18-19-17-9)14-8(6-20)7-4-2-1-3-5-7/h1-5,8,20H,6H2,(H2,14,15,16,17,18,19)/t8-/m0/s1. The number of H-pyrrole nitrogens is 1. The predicted molar refractivity (Wildman–Crippen MR) is 74.4 cm³/mol. The van der Waals surface area contributed by atoms with Crippen molar-refractivity contribution in [2.75, 3.05) is 11.9 Å². The van der Waals surface area contributed by atoms with E-state index in [1.807, 2.05) is 30.3 Å². The molecule has 0 spiro atoms. The number of aromatic nitrogens is 5. The molecule has 7 nitrogen and oxygen atoms in total. The average molecular weight is 291 g/mol. The van der Waals surface area contributed by atoms with Crippen molar-refractivity contribution in [1.29, 1.82) is 0 Å². The quantitative estimate of drug-likeness (QED) is 0.630. The number of fused-ring (bicyclic) bond motifs is 1. The van der Waals surface area contributed by atoms with Crippen LogP contribution in [-0.2, 0) is 0 Å². The Morgan fingerprint density at radius 1 is 1.20 bits per heavy atom. The molecule has 1 aromatic carbocycles. The van der Waals surface area contributed by atoms with Crippen molar-refractivity contribution in [3.8, 4) is 0 Å². The number of aliphatic hydroxyl groups excluding tert-OH is 1. The zero-order chi connectivity index (χ0) is 13.9. The molecule has 3 N–H and O–H groups in total. The first-order chi connectivity index (χ1) is 9.78. The lowest BCUT2D eigenvalue weighted by atomic mass is 10.1. The molecule has 0 aliphatic carbocycles. The molecular weight excluding hydrogens is 280 g/mol. The van der Waals surface area contributed by atoms with Crippen LogP contribution in [0.15, 0.2) is 30.3 Å². The summed E-state index contributed by atoms with van der Waals surface area (Å²) in [6.45, 7) is -0.0923. The van der Waals surface area contributed by atoms with Gasteiger partial charge in [-0.15, -0.1) is 5.10 Å². The number of nitrogens with one attached hydrogen (secondary N) is 2. The number of benzene rings is 1. The fourth-order valence-electron chi connectivity index (χ4n) is 1.91. The molecule has 1 atom stereocenters. The molecule has 0 saturated heterocycles. The monoisotopic (exact) mass is 290 g/mol. The van der Waals surface area contributed by atoms with Crippen LogP contribution in [0.25, 0.3) is 11.2 Å². The van der Waals surface area contributed by atoms with Crippen molar-refractivity contribution in [1.82, 2.24) is 25.4 Å². The van der Waals surface area contributed by atoms with Crippen LogP contribution in [0.1, 0.15) is 11.6 Å². The molecule has 2 aromatic heterocycles. The Kier molecular flexibility index (Phi) is 3.44. The summed E-state index contributed by atoms with van der Waals surface area (Å²) in [5, 5.41) is 23.0. The second-order valence-electron chi connectivity index (χ2n) is 4.13. The highest BCUT2D eigenvalue weighted by Gasteiger charge is 2.16. The summed E-state index contributed by atoms with van der Waals surface area (Å²) in [4.78, 5) is 8.05. The first kappa shape index (κ1) is 12.8. The number of halogens is 1. The lowest BCUT2D eigenvalue weighted by Crippen LogP contribution is -2.16. The molecule has 0 radical (unpaired) electrons. The number of hydrogen-bond acceptors (Lipinski definition) is 6. The van der Waals surface area contributed by atoms with Crippen molar-refractivity contribution < 1.29 is 5.11 Å². The van der Waals surface area contributed by atoms with Crippen molar-refractivity contribution >= 4 is 28.6 Å². The molecule has 0 aliphatic heterocycles. The van der Waals surface area contributed by atoms with Crippen molar-refractivity contribution in [2.45, 2.75) is 6.04 Å². The normalized spacial score (nSPS) is 12.5. The van der Waals surface area contributed by atoms with Crippen molar-refractivity contribution in [3.05, 3.63) is 41.2 Å². The summed E-state index contributed by atoms with van der Waals surface area (Å²) < 4.78 is 0. The molecule has 3 rings (SSSR count). The molecule has 0 unspecified atom stereocenters. The average Bonchev–Trinajstić information content (AvgIpc) is 2.93. The maximum atomic E-state index is 9.55. The van der Waals surface area contributed by atoms with Gasteiger partial charge in [0.05, 0.1) is 12.6 Å². The van der Waals surface area contributed by atoms with Gasteiger partial charge in [0.15, 0.2) is 11.3 Å². The highest BCUT2D eigenvalue weighted by molar-refractivity contribution is 6.28. The van der Waals surface area contributed by atoms with Crippen LogP contribution in [0.5, 0.6) is 0 Å². The van der Waals surface area contributed by atoms with E-state index in [9.17, 15) is 5.11 Å². The van der Waals surface area contributed by atoms with Gasteiger partial charge in [0.1, 0.15) is 0 Å². The van der Waals surface area contributed by atoms with Gasteiger partial charge < -0.3 is 10.4 Å². The van der Waals surface area contributed by atoms with Crippen LogP contribution in [-0.4, -0.2) is 37.1 Å². The van der Waals surface area contributed by atoms with E-state index < -0.39 is 0 Å². The van der Waals surface area contributed by atoms with Crippen molar-refractivity contribution in [2.24, 2.45) is 0 Å². The molecule has 0 fully saturated rings. The van der Waals surface area contributed by atoms with Gasteiger partial charge in [0.25, 0.3) is 0 Å². The third-order valence-electron chi connectivity index (χ3n) is 2.85. The highest BCUT2D eigenvalue weighted by atomic mass is 35.5. The molecule has 0 aliphatic rings. The molecule has 102 valence electrons. The van der Waals surface area contributed by atoms with E-state index in [4.69, 9.17) is 11.6 Å². The predicted octanol–water partition coefficient (Wildman–Crippen LogP) is 1.55. The number of aliphatic hydroxyl groups is 1. The van der Waals surface area contributed by atoms with E-state index in [0.717, 1.165) is 5.56 Å². The first-order valence-electron chi connectivity index (χ1n) is 5.94. The maximum Gasteiger partial charge on any atom is 0.226 e. The highest BCUT2D eigenvalue weighted by Crippen LogP contribution is 2.23. The summed E-state index contributed by atoms with van der Waals surface area (Å²) in [5.41, 5.74) is 1.78. The van der Waals surface area contributed by atoms with E-state index in [-0.39, 0.29) is 17.9 Å².